The van der Waals surface area contributed by atoms with Crippen LogP contribution in [0.2, 0.25) is 0 Å². The van der Waals surface area contributed by atoms with E-state index < -0.39 is 0 Å². The van der Waals surface area contributed by atoms with Crippen LogP contribution in [0.3, 0.4) is 0 Å². The molecule has 0 bridgehead atoms. The minimum Gasteiger partial charge on any atom is -0.308 e. The van der Waals surface area contributed by atoms with Crippen molar-refractivity contribution >= 4 is 5.82 Å². The molecule has 0 radical (unpaired) electrons. The van der Waals surface area contributed by atoms with Crippen molar-refractivity contribution in [3.63, 3.8) is 0 Å². The van der Waals surface area contributed by atoms with Crippen molar-refractivity contribution in [3.8, 4) is 0 Å². The standard InChI is InChI=1S/C8H10N6/c9-13-8-3-7(1-2-11-8)4-14-6-10-5-12-14/h1-3,5-6H,4,9H2,(H,11,13). The lowest BCUT2D eigenvalue weighted by molar-refractivity contribution is 0.684. The summed E-state index contributed by atoms with van der Waals surface area (Å²) in [7, 11) is 0. The summed E-state index contributed by atoms with van der Waals surface area (Å²) in [5, 5.41) is 4.00. The van der Waals surface area contributed by atoms with Gasteiger partial charge in [0.1, 0.15) is 18.5 Å². The zero-order valence-electron chi connectivity index (χ0n) is 7.46. The second kappa shape index (κ2) is 3.84. The first-order valence-electron chi connectivity index (χ1n) is 4.12. The summed E-state index contributed by atoms with van der Waals surface area (Å²) in [5.74, 6) is 5.89. The highest BCUT2D eigenvalue weighted by Gasteiger charge is 1.97. The summed E-state index contributed by atoms with van der Waals surface area (Å²) in [6.45, 7) is 0.664. The van der Waals surface area contributed by atoms with Gasteiger partial charge in [-0.05, 0) is 17.7 Å². The Labute approximate surface area is 80.8 Å². The monoisotopic (exact) mass is 190 g/mol. The number of nitrogens with two attached hydrogens (primary N) is 1. The Balaban J connectivity index is 2.17. The van der Waals surface area contributed by atoms with Gasteiger partial charge in [0.05, 0.1) is 6.54 Å². The van der Waals surface area contributed by atoms with Gasteiger partial charge in [-0.15, -0.1) is 0 Å². The molecule has 0 spiro atoms. The quantitative estimate of drug-likeness (QED) is 0.526. The van der Waals surface area contributed by atoms with Gasteiger partial charge < -0.3 is 5.43 Å². The molecule has 6 nitrogen and oxygen atoms in total. The third-order valence-electron chi connectivity index (χ3n) is 1.78. The van der Waals surface area contributed by atoms with E-state index in [1.807, 2.05) is 12.1 Å². The van der Waals surface area contributed by atoms with E-state index in [4.69, 9.17) is 5.84 Å². The van der Waals surface area contributed by atoms with E-state index >= 15 is 0 Å². The number of rotatable bonds is 3. The van der Waals surface area contributed by atoms with Gasteiger partial charge in [0, 0.05) is 6.20 Å². The Kier molecular flexibility index (Phi) is 2.37. The van der Waals surface area contributed by atoms with E-state index in [9.17, 15) is 0 Å². The first-order chi connectivity index (χ1) is 6.88. The number of aromatic nitrogens is 4. The number of pyridine rings is 1. The molecule has 2 aromatic heterocycles. The van der Waals surface area contributed by atoms with Crippen LogP contribution in [-0.2, 0) is 6.54 Å². The summed E-state index contributed by atoms with van der Waals surface area (Å²) in [4.78, 5) is 7.86. The van der Waals surface area contributed by atoms with E-state index in [0.717, 1.165) is 5.56 Å². The van der Waals surface area contributed by atoms with Crippen LogP contribution >= 0.6 is 0 Å². The molecule has 2 heterocycles. The predicted molar refractivity (Wildman–Crippen MR) is 51.2 cm³/mol. The Morgan fingerprint density at radius 2 is 2.43 bits per heavy atom. The van der Waals surface area contributed by atoms with Gasteiger partial charge in [0.15, 0.2) is 0 Å². The molecule has 0 aliphatic rings. The summed E-state index contributed by atoms with van der Waals surface area (Å²) in [6.07, 6.45) is 4.86. The van der Waals surface area contributed by atoms with Gasteiger partial charge in [0.25, 0.3) is 0 Å². The molecule has 0 aliphatic heterocycles. The molecule has 2 aromatic rings. The largest absolute Gasteiger partial charge is 0.308 e. The summed E-state index contributed by atoms with van der Waals surface area (Å²) in [6, 6.07) is 3.77. The maximum absolute atomic E-state index is 5.24. The third kappa shape index (κ3) is 1.86. The molecule has 0 saturated carbocycles. The van der Waals surface area contributed by atoms with Gasteiger partial charge in [-0.3, -0.25) is 0 Å². The van der Waals surface area contributed by atoms with Crippen LogP contribution in [0.4, 0.5) is 5.82 Å². The molecule has 0 aromatic carbocycles. The smallest absolute Gasteiger partial charge is 0.140 e. The van der Waals surface area contributed by atoms with Crippen LogP contribution in [-0.4, -0.2) is 19.7 Å². The Morgan fingerprint density at radius 1 is 1.50 bits per heavy atom. The van der Waals surface area contributed by atoms with Crippen molar-refractivity contribution < 1.29 is 0 Å². The molecule has 0 atom stereocenters. The summed E-state index contributed by atoms with van der Waals surface area (Å²) in [5.41, 5.74) is 3.56. The SMILES string of the molecule is NNc1cc(Cn2cncn2)ccn1. The molecular weight excluding hydrogens is 180 g/mol. The number of hydrogen-bond donors (Lipinski definition) is 2. The first kappa shape index (κ1) is 8.64. The minimum atomic E-state index is 0.641. The van der Waals surface area contributed by atoms with E-state index in [1.54, 1.807) is 17.2 Å². The van der Waals surface area contributed by atoms with Crippen LogP contribution in [0, 0.1) is 0 Å². The molecule has 0 amide bonds. The van der Waals surface area contributed by atoms with Gasteiger partial charge >= 0.3 is 0 Å². The van der Waals surface area contributed by atoms with Crippen LogP contribution in [0.25, 0.3) is 0 Å². The molecular formula is C8H10N6. The number of nitrogens with zero attached hydrogens (tertiary/aromatic N) is 4. The zero-order chi connectivity index (χ0) is 9.80. The highest BCUT2D eigenvalue weighted by molar-refractivity contribution is 5.35. The second-order valence-corrected chi connectivity index (χ2v) is 2.79. The van der Waals surface area contributed by atoms with Gasteiger partial charge in [-0.25, -0.2) is 20.5 Å². The minimum absolute atomic E-state index is 0.641. The average molecular weight is 190 g/mol. The van der Waals surface area contributed by atoms with Crippen molar-refractivity contribution in [2.24, 2.45) is 5.84 Å². The van der Waals surface area contributed by atoms with Crippen LogP contribution < -0.4 is 11.3 Å². The molecule has 0 unspecified atom stereocenters. The highest BCUT2D eigenvalue weighted by atomic mass is 15.3. The van der Waals surface area contributed by atoms with Crippen molar-refractivity contribution in [3.05, 3.63) is 36.5 Å². The molecule has 3 N–H and O–H groups in total. The molecule has 72 valence electrons. The first-order valence-corrected chi connectivity index (χ1v) is 4.12. The highest BCUT2D eigenvalue weighted by Crippen LogP contribution is 2.06. The third-order valence-corrected chi connectivity index (χ3v) is 1.78. The van der Waals surface area contributed by atoms with Crippen molar-refractivity contribution in [1.29, 1.82) is 0 Å². The fourth-order valence-corrected chi connectivity index (χ4v) is 1.15. The molecule has 0 saturated heterocycles. The Morgan fingerprint density at radius 3 is 3.14 bits per heavy atom. The van der Waals surface area contributed by atoms with E-state index in [2.05, 4.69) is 20.5 Å². The van der Waals surface area contributed by atoms with Crippen LogP contribution in [0.15, 0.2) is 31.0 Å². The fraction of sp³-hybridized carbons (Fsp3) is 0.125. The number of nitrogens with one attached hydrogen (secondary N) is 1. The lowest BCUT2D eigenvalue weighted by atomic mass is 10.2. The van der Waals surface area contributed by atoms with E-state index in [1.165, 1.54) is 6.33 Å². The Hall–Kier alpha value is -1.95. The van der Waals surface area contributed by atoms with Gasteiger partial charge in [-0.2, -0.15) is 5.10 Å². The predicted octanol–water partition coefficient (Wildman–Crippen LogP) is 0.00700. The average Bonchev–Trinajstić information content (AvgIpc) is 2.71. The van der Waals surface area contributed by atoms with Crippen molar-refractivity contribution in [1.82, 2.24) is 19.7 Å². The van der Waals surface area contributed by atoms with Crippen molar-refractivity contribution in [2.45, 2.75) is 6.54 Å². The zero-order valence-corrected chi connectivity index (χ0v) is 7.46. The molecule has 0 aliphatic carbocycles. The maximum atomic E-state index is 5.24. The molecule has 14 heavy (non-hydrogen) atoms. The van der Waals surface area contributed by atoms with E-state index in [-0.39, 0.29) is 0 Å². The van der Waals surface area contributed by atoms with Crippen LogP contribution in [0.5, 0.6) is 0 Å². The normalized spacial score (nSPS) is 10.1. The number of nitrogen functional groups attached to an aromatic ring is 1. The summed E-state index contributed by atoms with van der Waals surface area (Å²) >= 11 is 0. The topological polar surface area (TPSA) is 81.6 Å². The maximum Gasteiger partial charge on any atom is 0.140 e. The molecule has 2 rings (SSSR count). The molecule has 6 heteroatoms. The lowest BCUT2D eigenvalue weighted by Crippen LogP contribution is -2.09. The van der Waals surface area contributed by atoms with Crippen LogP contribution in [0.1, 0.15) is 5.56 Å². The van der Waals surface area contributed by atoms with Gasteiger partial charge in [-0.1, -0.05) is 0 Å². The lowest BCUT2D eigenvalue weighted by Gasteiger charge is -2.03. The van der Waals surface area contributed by atoms with E-state index in [0.29, 0.717) is 12.4 Å². The molecule has 0 fully saturated rings. The number of hydrazine groups is 1. The fourth-order valence-electron chi connectivity index (χ4n) is 1.15. The van der Waals surface area contributed by atoms with Crippen molar-refractivity contribution in [2.75, 3.05) is 5.43 Å². The second-order valence-electron chi connectivity index (χ2n) is 2.79. The number of anilines is 1. The van der Waals surface area contributed by atoms with Gasteiger partial charge in [0.2, 0.25) is 0 Å². The number of hydrogen-bond acceptors (Lipinski definition) is 5. The summed E-state index contributed by atoms with van der Waals surface area (Å²) < 4.78 is 1.73. The Bertz CT molecular complexity index is 396.